The summed E-state index contributed by atoms with van der Waals surface area (Å²) in [7, 11) is 0. The number of piperidine rings is 1. The number of hydrogen-bond donors (Lipinski definition) is 1. The summed E-state index contributed by atoms with van der Waals surface area (Å²) in [5.41, 5.74) is 5.59. The summed E-state index contributed by atoms with van der Waals surface area (Å²) in [5, 5.41) is 3.56. The van der Waals surface area contributed by atoms with Gasteiger partial charge in [0.1, 0.15) is 0 Å². The fourth-order valence-corrected chi connectivity index (χ4v) is 3.32. The van der Waals surface area contributed by atoms with E-state index in [1.54, 1.807) is 0 Å². The molecule has 1 fully saturated rings. The van der Waals surface area contributed by atoms with E-state index in [0.717, 1.165) is 19.5 Å². The SMILES string of the molecule is Cc1ccccc1CCNCc1ccc(N2CCCCC2)cc1. The van der Waals surface area contributed by atoms with E-state index in [4.69, 9.17) is 0 Å². The minimum Gasteiger partial charge on any atom is -0.372 e. The first kappa shape index (κ1) is 16.1. The third kappa shape index (κ3) is 4.59. The number of nitrogens with one attached hydrogen (secondary N) is 1. The van der Waals surface area contributed by atoms with Gasteiger partial charge in [-0.25, -0.2) is 0 Å². The first-order chi connectivity index (χ1) is 11.3. The van der Waals surface area contributed by atoms with E-state index in [2.05, 4.69) is 65.7 Å². The van der Waals surface area contributed by atoms with Gasteiger partial charge in [-0.1, -0.05) is 36.4 Å². The molecule has 1 heterocycles. The first-order valence-corrected chi connectivity index (χ1v) is 8.92. The molecule has 1 N–H and O–H groups in total. The van der Waals surface area contributed by atoms with Gasteiger partial charge in [0.05, 0.1) is 0 Å². The van der Waals surface area contributed by atoms with Crippen LogP contribution in [0.5, 0.6) is 0 Å². The van der Waals surface area contributed by atoms with Crippen LogP contribution in [0.1, 0.15) is 36.0 Å². The van der Waals surface area contributed by atoms with E-state index in [1.807, 2.05) is 0 Å². The van der Waals surface area contributed by atoms with Gasteiger partial charge in [-0.2, -0.15) is 0 Å². The molecule has 0 saturated carbocycles. The van der Waals surface area contributed by atoms with Crippen molar-refractivity contribution >= 4 is 5.69 Å². The number of rotatable bonds is 6. The van der Waals surface area contributed by atoms with Gasteiger partial charge in [-0.3, -0.25) is 0 Å². The Kier molecular flexibility index (Phi) is 5.71. The molecule has 122 valence electrons. The summed E-state index contributed by atoms with van der Waals surface area (Å²) in [4.78, 5) is 2.51. The Labute approximate surface area is 140 Å². The van der Waals surface area contributed by atoms with Gasteiger partial charge >= 0.3 is 0 Å². The summed E-state index contributed by atoms with van der Waals surface area (Å²) in [6, 6.07) is 17.7. The van der Waals surface area contributed by atoms with Gasteiger partial charge in [0.15, 0.2) is 0 Å². The number of hydrogen-bond acceptors (Lipinski definition) is 2. The fraction of sp³-hybridized carbons (Fsp3) is 0.429. The van der Waals surface area contributed by atoms with Crippen molar-refractivity contribution in [2.45, 2.75) is 39.2 Å². The molecule has 1 saturated heterocycles. The molecular formula is C21H28N2. The van der Waals surface area contributed by atoms with Crippen molar-refractivity contribution in [3.05, 3.63) is 65.2 Å². The van der Waals surface area contributed by atoms with Gasteiger partial charge in [0, 0.05) is 25.3 Å². The molecular weight excluding hydrogens is 280 g/mol. The van der Waals surface area contributed by atoms with Crippen LogP contribution >= 0.6 is 0 Å². The highest BCUT2D eigenvalue weighted by Gasteiger charge is 2.10. The normalized spacial score (nSPS) is 14.9. The highest BCUT2D eigenvalue weighted by molar-refractivity contribution is 5.47. The lowest BCUT2D eigenvalue weighted by atomic mass is 10.1. The average molecular weight is 308 g/mol. The smallest absolute Gasteiger partial charge is 0.0366 e. The summed E-state index contributed by atoms with van der Waals surface area (Å²) >= 11 is 0. The predicted molar refractivity (Wildman–Crippen MR) is 99.1 cm³/mol. The highest BCUT2D eigenvalue weighted by atomic mass is 15.1. The zero-order valence-corrected chi connectivity index (χ0v) is 14.2. The van der Waals surface area contributed by atoms with E-state index >= 15 is 0 Å². The van der Waals surface area contributed by atoms with Crippen molar-refractivity contribution in [2.75, 3.05) is 24.5 Å². The van der Waals surface area contributed by atoms with Crippen LogP contribution in [0, 0.1) is 6.92 Å². The summed E-state index contributed by atoms with van der Waals surface area (Å²) in [6.07, 6.45) is 5.16. The van der Waals surface area contributed by atoms with Gasteiger partial charge in [-0.05, 0) is 68.0 Å². The zero-order valence-electron chi connectivity index (χ0n) is 14.2. The van der Waals surface area contributed by atoms with Crippen molar-refractivity contribution in [3.63, 3.8) is 0 Å². The van der Waals surface area contributed by atoms with Gasteiger partial charge in [-0.15, -0.1) is 0 Å². The van der Waals surface area contributed by atoms with Crippen molar-refractivity contribution < 1.29 is 0 Å². The third-order valence-corrected chi connectivity index (χ3v) is 4.82. The molecule has 1 aliphatic rings. The molecule has 3 rings (SSSR count). The zero-order chi connectivity index (χ0) is 15.9. The van der Waals surface area contributed by atoms with Crippen molar-refractivity contribution in [2.24, 2.45) is 0 Å². The first-order valence-electron chi connectivity index (χ1n) is 8.92. The fourth-order valence-electron chi connectivity index (χ4n) is 3.32. The minimum atomic E-state index is 0.951. The average Bonchev–Trinajstić information content (AvgIpc) is 2.61. The topological polar surface area (TPSA) is 15.3 Å². The maximum atomic E-state index is 3.56. The second kappa shape index (κ2) is 8.16. The molecule has 2 heteroatoms. The van der Waals surface area contributed by atoms with E-state index < -0.39 is 0 Å². The largest absolute Gasteiger partial charge is 0.372 e. The van der Waals surface area contributed by atoms with Crippen LogP contribution in [0.25, 0.3) is 0 Å². The third-order valence-electron chi connectivity index (χ3n) is 4.82. The molecule has 0 radical (unpaired) electrons. The molecule has 23 heavy (non-hydrogen) atoms. The summed E-state index contributed by atoms with van der Waals surface area (Å²) < 4.78 is 0. The van der Waals surface area contributed by atoms with Crippen molar-refractivity contribution in [3.8, 4) is 0 Å². The number of nitrogens with zero attached hydrogens (tertiary/aromatic N) is 1. The van der Waals surface area contributed by atoms with Crippen LogP contribution in [-0.2, 0) is 13.0 Å². The van der Waals surface area contributed by atoms with Crippen molar-refractivity contribution in [1.29, 1.82) is 0 Å². The number of anilines is 1. The van der Waals surface area contributed by atoms with Crippen LogP contribution in [0.2, 0.25) is 0 Å². The van der Waals surface area contributed by atoms with E-state index in [-0.39, 0.29) is 0 Å². The lowest BCUT2D eigenvalue weighted by molar-refractivity contribution is 0.578. The van der Waals surface area contributed by atoms with E-state index in [0.29, 0.717) is 0 Å². The minimum absolute atomic E-state index is 0.951. The Morgan fingerprint density at radius 1 is 0.913 bits per heavy atom. The van der Waals surface area contributed by atoms with Crippen LogP contribution in [0.15, 0.2) is 48.5 Å². The molecule has 0 spiro atoms. The molecule has 2 aromatic rings. The highest BCUT2D eigenvalue weighted by Crippen LogP contribution is 2.20. The Morgan fingerprint density at radius 3 is 2.39 bits per heavy atom. The predicted octanol–water partition coefficient (Wildman–Crippen LogP) is 4.32. The molecule has 1 aliphatic heterocycles. The molecule has 2 aromatic carbocycles. The molecule has 0 amide bonds. The molecule has 0 atom stereocenters. The second-order valence-electron chi connectivity index (χ2n) is 6.57. The maximum Gasteiger partial charge on any atom is 0.0366 e. The van der Waals surface area contributed by atoms with Gasteiger partial charge < -0.3 is 10.2 Å². The molecule has 0 bridgehead atoms. The van der Waals surface area contributed by atoms with Crippen LogP contribution in [-0.4, -0.2) is 19.6 Å². The molecule has 0 unspecified atom stereocenters. The lowest BCUT2D eigenvalue weighted by Crippen LogP contribution is -2.29. The summed E-state index contributed by atoms with van der Waals surface area (Å²) in [6.45, 7) is 6.60. The lowest BCUT2D eigenvalue weighted by Gasteiger charge is -2.28. The Hall–Kier alpha value is -1.80. The molecule has 0 aliphatic carbocycles. The standard InChI is InChI=1S/C21H28N2/c1-18-7-3-4-8-20(18)13-14-22-17-19-9-11-21(12-10-19)23-15-5-2-6-16-23/h3-4,7-12,22H,2,5-6,13-17H2,1H3. The monoisotopic (exact) mass is 308 g/mol. The molecule has 2 nitrogen and oxygen atoms in total. The van der Waals surface area contributed by atoms with Crippen molar-refractivity contribution in [1.82, 2.24) is 5.32 Å². The number of aryl methyl sites for hydroxylation is 1. The molecule has 0 aromatic heterocycles. The Morgan fingerprint density at radius 2 is 1.65 bits per heavy atom. The van der Waals surface area contributed by atoms with Gasteiger partial charge in [0.25, 0.3) is 0 Å². The Bertz CT molecular complexity index is 597. The van der Waals surface area contributed by atoms with E-state index in [1.165, 1.54) is 54.7 Å². The Balaban J connectivity index is 1.44. The second-order valence-corrected chi connectivity index (χ2v) is 6.57. The number of benzene rings is 2. The van der Waals surface area contributed by atoms with Crippen LogP contribution in [0.3, 0.4) is 0 Å². The van der Waals surface area contributed by atoms with Crippen LogP contribution < -0.4 is 10.2 Å². The summed E-state index contributed by atoms with van der Waals surface area (Å²) in [5.74, 6) is 0. The van der Waals surface area contributed by atoms with Gasteiger partial charge in [0.2, 0.25) is 0 Å². The van der Waals surface area contributed by atoms with E-state index in [9.17, 15) is 0 Å². The quantitative estimate of drug-likeness (QED) is 0.800. The van der Waals surface area contributed by atoms with Crippen LogP contribution in [0.4, 0.5) is 5.69 Å². The maximum absolute atomic E-state index is 3.56.